The first-order valence-electron chi connectivity index (χ1n) is 9.55. The average molecular weight is 415 g/mol. The van der Waals surface area contributed by atoms with Gasteiger partial charge in [-0.3, -0.25) is 9.59 Å². The second-order valence-corrected chi connectivity index (χ2v) is 6.56. The number of nitrogens with one attached hydrogen (secondary N) is 2. The first-order chi connectivity index (χ1) is 14.3. The SMILES string of the molecule is CC.CN(C)C(=O)c1cccc(NC2=C(NCc3ccc(F)cc3)C(O)C2=O)c1O. The Morgan fingerprint density at radius 2 is 1.77 bits per heavy atom. The number of Topliss-reactive ketones (excluding diaryl/α,β-unsaturated/α-hetero) is 1. The van der Waals surface area contributed by atoms with E-state index in [9.17, 15) is 24.2 Å². The third kappa shape index (κ3) is 4.77. The summed E-state index contributed by atoms with van der Waals surface area (Å²) in [6.45, 7) is 4.27. The van der Waals surface area contributed by atoms with E-state index in [1.165, 1.54) is 29.2 Å². The zero-order valence-electron chi connectivity index (χ0n) is 17.4. The monoisotopic (exact) mass is 415 g/mol. The summed E-state index contributed by atoms with van der Waals surface area (Å²) in [4.78, 5) is 25.5. The van der Waals surface area contributed by atoms with Crippen molar-refractivity contribution in [1.82, 2.24) is 10.2 Å². The van der Waals surface area contributed by atoms with E-state index in [1.54, 1.807) is 32.3 Å². The molecule has 1 aliphatic rings. The summed E-state index contributed by atoms with van der Waals surface area (Å²) < 4.78 is 13.0. The molecule has 2 aromatic carbocycles. The Hall–Kier alpha value is -3.39. The summed E-state index contributed by atoms with van der Waals surface area (Å²) in [5, 5.41) is 26.1. The van der Waals surface area contributed by atoms with Crippen LogP contribution >= 0.6 is 0 Å². The quantitative estimate of drug-likeness (QED) is 0.541. The lowest BCUT2D eigenvalue weighted by molar-refractivity contribution is -0.124. The Labute approximate surface area is 174 Å². The predicted molar refractivity (Wildman–Crippen MR) is 112 cm³/mol. The molecule has 30 heavy (non-hydrogen) atoms. The molecule has 1 amide bonds. The van der Waals surface area contributed by atoms with Gasteiger partial charge in [0.2, 0.25) is 5.78 Å². The zero-order chi connectivity index (χ0) is 22.4. The Morgan fingerprint density at radius 1 is 1.13 bits per heavy atom. The van der Waals surface area contributed by atoms with Crippen LogP contribution in [0.1, 0.15) is 29.8 Å². The summed E-state index contributed by atoms with van der Waals surface area (Å²) >= 11 is 0. The van der Waals surface area contributed by atoms with Crippen LogP contribution in [0.25, 0.3) is 0 Å². The Balaban J connectivity index is 0.00000155. The molecule has 3 rings (SSSR count). The summed E-state index contributed by atoms with van der Waals surface area (Å²) in [5.74, 6) is -1.57. The summed E-state index contributed by atoms with van der Waals surface area (Å²) in [6.07, 6.45) is -1.31. The fourth-order valence-electron chi connectivity index (χ4n) is 2.77. The highest BCUT2D eigenvalue weighted by molar-refractivity contribution is 6.11. The maximum absolute atomic E-state index is 13.0. The van der Waals surface area contributed by atoms with Crippen molar-refractivity contribution in [2.45, 2.75) is 26.5 Å². The average Bonchev–Trinajstić information content (AvgIpc) is 2.76. The van der Waals surface area contributed by atoms with Crippen LogP contribution < -0.4 is 10.6 Å². The second-order valence-electron chi connectivity index (χ2n) is 6.56. The molecule has 0 saturated heterocycles. The van der Waals surface area contributed by atoms with E-state index in [4.69, 9.17) is 0 Å². The fraction of sp³-hybridized carbons (Fsp3) is 0.273. The number of nitrogens with zero attached hydrogens (tertiary/aromatic N) is 1. The van der Waals surface area contributed by atoms with Crippen molar-refractivity contribution in [2.24, 2.45) is 0 Å². The number of aliphatic hydroxyl groups is 1. The van der Waals surface area contributed by atoms with Gasteiger partial charge in [0.05, 0.1) is 16.9 Å². The molecule has 0 aromatic heterocycles. The van der Waals surface area contributed by atoms with Gasteiger partial charge in [-0.15, -0.1) is 0 Å². The summed E-state index contributed by atoms with van der Waals surface area (Å²) in [7, 11) is 3.13. The van der Waals surface area contributed by atoms with Crippen molar-refractivity contribution in [1.29, 1.82) is 0 Å². The van der Waals surface area contributed by atoms with Crippen molar-refractivity contribution in [2.75, 3.05) is 19.4 Å². The van der Waals surface area contributed by atoms with Crippen molar-refractivity contribution in [3.05, 3.63) is 70.8 Å². The molecule has 0 fully saturated rings. The number of phenolic OH excluding ortho intramolecular Hbond substituents is 1. The number of anilines is 1. The van der Waals surface area contributed by atoms with Crippen LogP contribution in [0.4, 0.5) is 10.1 Å². The number of ketones is 1. The largest absolute Gasteiger partial charge is 0.505 e. The number of aromatic hydroxyl groups is 1. The van der Waals surface area contributed by atoms with E-state index >= 15 is 0 Å². The van der Waals surface area contributed by atoms with E-state index in [0.717, 1.165) is 5.56 Å². The molecule has 0 saturated carbocycles. The van der Waals surface area contributed by atoms with Gasteiger partial charge in [-0.1, -0.05) is 32.0 Å². The van der Waals surface area contributed by atoms with Crippen LogP contribution in [0.3, 0.4) is 0 Å². The van der Waals surface area contributed by atoms with Gasteiger partial charge in [0.15, 0.2) is 11.9 Å². The standard InChI is InChI=1S/C20H20FN3O4.C2H6/c1-24(2)20(28)13-4-3-5-14(17(13)25)23-16-15(18(26)19(16)27)22-10-11-6-8-12(21)9-7-11;1-2/h3-9,18,22-23,25-26H,10H2,1-2H3;1-2H3. The van der Waals surface area contributed by atoms with Crippen LogP contribution in [0, 0.1) is 5.82 Å². The first-order valence-corrected chi connectivity index (χ1v) is 9.55. The van der Waals surface area contributed by atoms with E-state index in [0.29, 0.717) is 0 Å². The van der Waals surface area contributed by atoms with Crippen molar-refractivity contribution >= 4 is 17.4 Å². The lowest BCUT2D eigenvalue weighted by Crippen LogP contribution is -2.45. The smallest absolute Gasteiger partial charge is 0.257 e. The van der Waals surface area contributed by atoms with E-state index in [1.807, 2.05) is 13.8 Å². The van der Waals surface area contributed by atoms with Gasteiger partial charge in [0, 0.05) is 20.6 Å². The molecule has 0 spiro atoms. The molecule has 0 aliphatic heterocycles. The van der Waals surface area contributed by atoms with Crippen LogP contribution in [-0.4, -0.2) is 47.0 Å². The van der Waals surface area contributed by atoms with Gasteiger partial charge in [0.25, 0.3) is 5.91 Å². The van der Waals surface area contributed by atoms with Gasteiger partial charge in [-0.25, -0.2) is 4.39 Å². The third-order valence-electron chi connectivity index (χ3n) is 4.37. The van der Waals surface area contributed by atoms with Gasteiger partial charge < -0.3 is 25.7 Å². The highest BCUT2D eigenvalue weighted by atomic mass is 19.1. The Kier molecular flexibility index (Phi) is 7.54. The Morgan fingerprint density at radius 3 is 2.37 bits per heavy atom. The number of phenols is 1. The molecule has 160 valence electrons. The molecule has 7 nitrogen and oxygen atoms in total. The molecule has 8 heteroatoms. The molecule has 0 heterocycles. The maximum Gasteiger partial charge on any atom is 0.257 e. The lowest BCUT2D eigenvalue weighted by Gasteiger charge is -2.30. The number of benzene rings is 2. The van der Waals surface area contributed by atoms with Crippen LogP contribution in [-0.2, 0) is 11.3 Å². The van der Waals surface area contributed by atoms with Crippen LogP contribution in [0.15, 0.2) is 53.9 Å². The molecule has 2 aromatic rings. The number of carbonyl (C=O) groups excluding carboxylic acids is 2. The van der Waals surface area contributed by atoms with Gasteiger partial charge in [0.1, 0.15) is 11.5 Å². The van der Waals surface area contributed by atoms with E-state index < -0.39 is 11.9 Å². The number of hydrogen-bond acceptors (Lipinski definition) is 6. The topological polar surface area (TPSA) is 102 Å². The molecular weight excluding hydrogens is 389 g/mol. The predicted octanol–water partition coefficient (Wildman–Crippen LogP) is 2.62. The molecule has 0 radical (unpaired) electrons. The number of carbonyl (C=O) groups is 2. The molecule has 1 aliphatic carbocycles. The third-order valence-corrected chi connectivity index (χ3v) is 4.37. The van der Waals surface area contributed by atoms with Gasteiger partial charge in [-0.2, -0.15) is 0 Å². The van der Waals surface area contributed by atoms with Crippen LogP contribution in [0.5, 0.6) is 5.75 Å². The number of hydrogen-bond donors (Lipinski definition) is 4. The normalized spacial score (nSPS) is 15.0. The second kappa shape index (κ2) is 9.89. The number of para-hydroxylation sites is 1. The zero-order valence-corrected chi connectivity index (χ0v) is 17.4. The minimum atomic E-state index is -1.31. The highest BCUT2D eigenvalue weighted by Gasteiger charge is 2.38. The first kappa shape index (κ1) is 22.9. The number of halogens is 1. The number of amides is 1. The minimum Gasteiger partial charge on any atom is -0.505 e. The molecule has 0 bridgehead atoms. The van der Waals surface area contributed by atoms with Crippen LogP contribution in [0.2, 0.25) is 0 Å². The van der Waals surface area contributed by atoms with E-state index in [2.05, 4.69) is 10.6 Å². The van der Waals surface area contributed by atoms with E-state index in [-0.39, 0.29) is 46.7 Å². The molecule has 4 N–H and O–H groups in total. The molecule has 1 atom stereocenters. The maximum atomic E-state index is 13.0. The summed E-state index contributed by atoms with van der Waals surface area (Å²) in [6, 6.07) is 10.4. The van der Waals surface area contributed by atoms with Crippen molar-refractivity contribution < 1.29 is 24.2 Å². The lowest BCUT2D eigenvalue weighted by atomic mass is 9.94. The van der Waals surface area contributed by atoms with Gasteiger partial charge in [-0.05, 0) is 29.8 Å². The fourth-order valence-corrected chi connectivity index (χ4v) is 2.77. The number of rotatable bonds is 6. The van der Waals surface area contributed by atoms with Crippen molar-refractivity contribution in [3.63, 3.8) is 0 Å². The Bertz CT molecular complexity index is 955. The molecule has 1 unspecified atom stereocenters. The highest BCUT2D eigenvalue weighted by Crippen LogP contribution is 2.32. The molecular formula is C22H26FN3O4. The van der Waals surface area contributed by atoms with Crippen molar-refractivity contribution in [3.8, 4) is 5.75 Å². The van der Waals surface area contributed by atoms with Gasteiger partial charge >= 0.3 is 0 Å². The minimum absolute atomic E-state index is 0.0868. The summed E-state index contributed by atoms with van der Waals surface area (Å²) in [5.41, 5.74) is 1.38. The number of aliphatic hydroxyl groups excluding tert-OH is 1.